The number of methoxy groups -OCH3 is 1. The van der Waals surface area contributed by atoms with E-state index in [2.05, 4.69) is 33.5 Å². The third-order valence-corrected chi connectivity index (χ3v) is 4.19. The maximum Gasteiger partial charge on any atom is 0.220 e. The van der Waals surface area contributed by atoms with Crippen molar-refractivity contribution in [2.75, 3.05) is 19.0 Å². The van der Waals surface area contributed by atoms with Gasteiger partial charge in [0.15, 0.2) is 0 Å². The smallest absolute Gasteiger partial charge is 0.220 e. The molecule has 0 aliphatic carbocycles. The lowest BCUT2D eigenvalue weighted by molar-refractivity contribution is -0.119. The Morgan fingerprint density at radius 1 is 1.40 bits per heavy atom. The topological polar surface area (TPSA) is 87.0 Å². The number of ether oxygens (including phenoxy) is 1. The molecule has 1 saturated heterocycles. The molecule has 1 atom stereocenters. The van der Waals surface area contributed by atoms with Crippen molar-refractivity contribution in [1.82, 2.24) is 10.3 Å². The van der Waals surface area contributed by atoms with Crippen molar-refractivity contribution in [2.24, 2.45) is 0 Å². The third-order valence-electron chi connectivity index (χ3n) is 4.19. The first-order valence-corrected chi connectivity index (χ1v) is 8.03. The standard InChI is InChI=1S/C19H18N4O2/c1-3-4-12-10-21-19(22-11-14-5-6-18(24)23-14)16-8-17(25-2)13(9-20)7-15(12)16/h7-8,10,14H,5-6,11H2,1-2H3,(H,21,22)(H,23,24)/t14-/m0/s1. The van der Waals surface area contributed by atoms with Crippen LogP contribution in [0.2, 0.25) is 0 Å². The van der Waals surface area contributed by atoms with Crippen LogP contribution in [-0.2, 0) is 4.79 Å². The number of pyridine rings is 1. The second kappa shape index (κ2) is 7.11. The van der Waals surface area contributed by atoms with Crippen molar-refractivity contribution in [2.45, 2.75) is 25.8 Å². The quantitative estimate of drug-likeness (QED) is 0.837. The summed E-state index contributed by atoms with van der Waals surface area (Å²) in [6, 6.07) is 5.82. The first-order valence-electron chi connectivity index (χ1n) is 8.03. The number of aromatic nitrogens is 1. The van der Waals surface area contributed by atoms with E-state index < -0.39 is 0 Å². The second-order valence-electron chi connectivity index (χ2n) is 5.79. The molecule has 2 heterocycles. The lowest BCUT2D eigenvalue weighted by Gasteiger charge is -2.15. The number of amides is 1. The predicted molar refractivity (Wildman–Crippen MR) is 95.2 cm³/mol. The molecule has 6 nitrogen and oxygen atoms in total. The highest BCUT2D eigenvalue weighted by atomic mass is 16.5. The Balaban J connectivity index is 2.02. The van der Waals surface area contributed by atoms with Gasteiger partial charge in [-0.1, -0.05) is 5.92 Å². The summed E-state index contributed by atoms with van der Waals surface area (Å²) in [5, 5.41) is 17.2. The van der Waals surface area contributed by atoms with E-state index in [-0.39, 0.29) is 11.9 Å². The molecule has 0 saturated carbocycles. The van der Waals surface area contributed by atoms with Crippen molar-refractivity contribution in [3.05, 3.63) is 29.5 Å². The molecule has 1 amide bonds. The van der Waals surface area contributed by atoms with Gasteiger partial charge in [0.2, 0.25) is 5.91 Å². The summed E-state index contributed by atoms with van der Waals surface area (Å²) in [5.41, 5.74) is 1.21. The fraction of sp³-hybridized carbons (Fsp3) is 0.316. The number of hydrogen-bond donors (Lipinski definition) is 2. The minimum Gasteiger partial charge on any atom is -0.495 e. The molecule has 25 heavy (non-hydrogen) atoms. The number of rotatable bonds is 4. The van der Waals surface area contributed by atoms with E-state index in [1.807, 2.05) is 0 Å². The van der Waals surface area contributed by atoms with E-state index in [1.165, 1.54) is 7.11 Å². The largest absolute Gasteiger partial charge is 0.495 e. The maximum absolute atomic E-state index is 11.3. The summed E-state index contributed by atoms with van der Waals surface area (Å²) >= 11 is 0. The summed E-state index contributed by atoms with van der Waals surface area (Å²) in [4.78, 5) is 15.8. The normalized spacial score (nSPS) is 15.9. The maximum atomic E-state index is 11.3. The van der Waals surface area contributed by atoms with Crippen LogP contribution in [0.4, 0.5) is 5.82 Å². The molecule has 1 fully saturated rings. The second-order valence-corrected chi connectivity index (χ2v) is 5.79. The van der Waals surface area contributed by atoms with Crippen molar-refractivity contribution in [3.63, 3.8) is 0 Å². The highest BCUT2D eigenvalue weighted by Crippen LogP contribution is 2.31. The number of anilines is 1. The van der Waals surface area contributed by atoms with Gasteiger partial charge in [-0.25, -0.2) is 4.98 Å². The number of nitrogens with one attached hydrogen (secondary N) is 2. The van der Waals surface area contributed by atoms with Gasteiger partial charge in [0.1, 0.15) is 17.6 Å². The molecule has 2 N–H and O–H groups in total. The molecule has 1 aliphatic rings. The molecule has 126 valence electrons. The van der Waals surface area contributed by atoms with Crippen LogP contribution in [0.15, 0.2) is 18.3 Å². The average Bonchev–Trinajstić information content (AvgIpc) is 3.05. The van der Waals surface area contributed by atoms with Crippen LogP contribution in [0.5, 0.6) is 5.75 Å². The van der Waals surface area contributed by atoms with Gasteiger partial charge >= 0.3 is 0 Å². The SMILES string of the molecule is CC#Cc1cnc(NC[C@@H]2CCC(=O)N2)c2cc(OC)c(C#N)cc12. The molecule has 2 aromatic rings. The Hall–Kier alpha value is -3.25. The summed E-state index contributed by atoms with van der Waals surface area (Å²) in [5.74, 6) is 7.15. The number of carbonyl (C=O) groups excluding carboxylic acids is 1. The molecule has 1 aromatic heterocycles. The van der Waals surface area contributed by atoms with Crippen LogP contribution in [-0.4, -0.2) is 30.6 Å². The number of carbonyl (C=O) groups is 1. The molecular weight excluding hydrogens is 316 g/mol. The number of fused-ring (bicyclic) bond motifs is 1. The van der Waals surface area contributed by atoms with E-state index in [1.54, 1.807) is 25.3 Å². The minimum absolute atomic E-state index is 0.0820. The van der Waals surface area contributed by atoms with Crippen molar-refractivity contribution in [1.29, 1.82) is 5.26 Å². The lowest BCUT2D eigenvalue weighted by Crippen LogP contribution is -2.32. The van der Waals surface area contributed by atoms with Gasteiger partial charge in [0.05, 0.1) is 18.2 Å². The summed E-state index contributed by atoms with van der Waals surface area (Å²) in [7, 11) is 1.53. The molecule has 1 aromatic carbocycles. The van der Waals surface area contributed by atoms with Crippen LogP contribution < -0.4 is 15.4 Å². The zero-order valence-corrected chi connectivity index (χ0v) is 14.1. The van der Waals surface area contributed by atoms with Crippen molar-refractivity contribution in [3.8, 4) is 23.7 Å². The first-order chi connectivity index (χ1) is 12.2. The van der Waals surface area contributed by atoms with E-state index in [0.29, 0.717) is 30.1 Å². The molecule has 0 radical (unpaired) electrons. The lowest BCUT2D eigenvalue weighted by atomic mass is 10.0. The Labute approximate surface area is 146 Å². The number of nitrogens with zero attached hydrogens (tertiary/aromatic N) is 2. The summed E-state index contributed by atoms with van der Waals surface area (Å²) < 4.78 is 5.32. The van der Waals surface area contributed by atoms with E-state index in [0.717, 1.165) is 22.8 Å². The van der Waals surface area contributed by atoms with E-state index in [4.69, 9.17) is 4.74 Å². The fourth-order valence-electron chi connectivity index (χ4n) is 2.95. The summed E-state index contributed by atoms with van der Waals surface area (Å²) in [6.07, 6.45) is 3.07. The van der Waals surface area contributed by atoms with Crippen molar-refractivity contribution >= 4 is 22.5 Å². The molecule has 0 unspecified atom stereocenters. The first kappa shape index (κ1) is 16.6. The molecule has 0 spiro atoms. The van der Waals surface area contributed by atoms with Gasteiger partial charge in [0, 0.05) is 36.0 Å². The molecular formula is C19H18N4O2. The zero-order valence-electron chi connectivity index (χ0n) is 14.1. The Bertz CT molecular complexity index is 934. The zero-order chi connectivity index (χ0) is 17.8. The Morgan fingerprint density at radius 3 is 2.88 bits per heavy atom. The minimum atomic E-state index is 0.0820. The van der Waals surface area contributed by atoms with Crippen LogP contribution in [0.25, 0.3) is 10.8 Å². The monoisotopic (exact) mass is 334 g/mol. The highest BCUT2D eigenvalue weighted by molar-refractivity contribution is 5.97. The van der Waals surface area contributed by atoms with E-state index in [9.17, 15) is 10.1 Å². The van der Waals surface area contributed by atoms with E-state index >= 15 is 0 Å². The summed E-state index contributed by atoms with van der Waals surface area (Å²) in [6.45, 7) is 2.35. The number of hydrogen-bond acceptors (Lipinski definition) is 5. The third kappa shape index (κ3) is 3.34. The molecule has 6 heteroatoms. The van der Waals surface area contributed by atoms with Gasteiger partial charge in [0.25, 0.3) is 0 Å². The predicted octanol–water partition coefficient (Wildman–Crippen LogP) is 2.18. The van der Waals surface area contributed by atoms with Crippen LogP contribution >= 0.6 is 0 Å². The van der Waals surface area contributed by atoms with Gasteiger partial charge in [-0.15, -0.1) is 5.92 Å². The van der Waals surface area contributed by atoms with Gasteiger partial charge in [-0.05, 0) is 25.5 Å². The Kier molecular flexibility index (Phi) is 4.72. The Morgan fingerprint density at radius 2 is 2.24 bits per heavy atom. The van der Waals surface area contributed by atoms with Gasteiger partial charge < -0.3 is 15.4 Å². The van der Waals surface area contributed by atoms with Crippen LogP contribution in [0, 0.1) is 23.2 Å². The number of nitriles is 1. The van der Waals surface area contributed by atoms with Gasteiger partial charge in [-0.2, -0.15) is 5.26 Å². The number of benzene rings is 1. The van der Waals surface area contributed by atoms with Crippen LogP contribution in [0.3, 0.4) is 0 Å². The fourth-order valence-corrected chi connectivity index (χ4v) is 2.95. The van der Waals surface area contributed by atoms with Gasteiger partial charge in [-0.3, -0.25) is 4.79 Å². The average molecular weight is 334 g/mol. The highest BCUT2D eigenvalue weighted by Gasteiger charge is 2.21. The molecule has 0 bridgehead atoms. The van der Waals surface area contributed by atoms with Crippen LogP contribution in [0.1, 0.15) is 30.9 Å². The molecule has 1 aliphatic heterocycles. The van der Waals surface area contributed by atoms with Crippen molar-refractivity contribution < 1.29 is 9.53 Å². The molecule has 3 rings (SSSR count).